The summed E-state index contributed by atoms with van der Waals surface area (Å²) in [7, 11) is 0. The second kappa shape index (κ2) is 9.57. The summed E-state index contributed by atoms with van der Waals surface area (Å²) in [5, 5.41) is 2.01. The molecule has 1 heterocycles. The van der Waals surface area contributed by atoms with E-state index in [4.69, 9.17) is 23.7 Å². The summed E-state index contributed by atoms with van der Waals surface area (Å²) in [4.78, 5) is 11.3. The van der Waals surface area contributed by atoms with Gasteiger partial charge in [0.05, 0.1) is 19.8 Å². The Balaban J connectivity index is 1.53. The fourth-order valence-electron chi connectivity index (χ4n) is 2.73. The van der Waals surface area contributed by atoms with Crippen molar-refractivity contribution < 1.29 is 28.5 Å². The van der Waals surface area contributed by atoms with Gasteiger partial charge in [-0.1, -0.05) is 30.8 Å². The molecule has 6 nitrogen and oxygen atoms in total. The Morgan fingerprint density at radius 1 is 1.14 bits per heavy atom. The first-order valence-electron chi connectivity index (χ1n) is 9.36. The summed E-state index contributed by atoms with van der Waals surface area (Å²) in [6, 6.07) is 10.0. The normalized spacial score (nSPS) is 15.3. The molecule has 0 amide bonds. The van der Waals surface area contributed by atoms with E-state index in [1.807, 2.05) is 37.3 Å². The minimum atomic E-state index is -0.405. The molecule has 0 N–H and O–H groups in total. The van der Waals surface area contributed by atoms with Crippen molar-refractivity contribution in [2.75, 3.05) is 39.6 Å². The fourth-order valence-corrected chi connectivity index (χ4v) is 2.73. The molecule has 3 rings (SSSR count). The molecule has 1 aliphatic heterocycles. The molecule has 1 fully saturated rings. The number of ether oxygens (including phenoxy) is 5. The quantitative estimate of drug-likeness (QED) is 0.255. The van der Waals surface area contributed by atoms with Crippen LogP contribution in [0.2, 0.25) is 0 Å². The number of carbonyl (C=O) groups excluding carboxylic acids is 1. The van der Waals surface area contributed by atoms with Gasteiger partial charge in [-0.05, 0) is 25.5 Å². The standard InChI is InChI=1S/C22H26O6/c1-15(2)22(23)26-11-9-24-8-10-25-21-16(3)12-20(28-14-17-13-27-17)18-6-4-5-7-19(18)21/h4-7,12,17H,1,8-11,13-14H2,2-3H3. The lowest BCUT2D eigenvalue weighted by molar-refractivity contribution is -0.140. The van der Waals surface area contributed by atoms with Crippen molar-refractivity contribution >= 4 is 16.7 Å². The molecule has 6 heteroatoms. The molecule has 1 unspecified atom stereocenters. The number of hydrogen-bond acceptors (Lipinski definition) is 6. The van der Waals surface area contributed by atoms with E-state index >= 15 is 0 Å². The maximum Gasteiger partial charge on any atom is 0.333 e. The van der Waals surface area contributed by atoms with Crippen molar-refractivity contribution in [3.63, 3.8) is 0 Å². The van der Waals surface area contributed by atoms with Crippen LogP contribution in [0.3, 0.4) is 0 Å². The summed E-state index contributed by atoms with van der Waals surface area (Å²) in [6.45, 7) is 9.78. The molecular weight excluding hydrogens is 360 g/mol. The average molecular weight is 386 g/mol. The van der Waals surface area contributed by atoms with Gasteiger partial charge in [-0.15, -0.1) is 0 Å². The maximum atomic E-state index is 11.3. The molecule has 0 aromatic heterocycles. The van der Waals surface area contributed by atoms with Crippen LogP contribution in [0, 0.1) is 6.92 Å². The molecule has 0 bridgehead atoms. The Bertz CT molecular complexity index is 840. The maximum absolute atomic E-state index is 11.3. The zero-order chi connectivity index (χ0) is 19.9. The van der Waals surface area contributed by atoms with Crippen LogP contribution in [-0.2, 0) is 19.0 Å². The molecular formula is C22H26O6. The first-order valence-corrected chi connectivity index (χ1v) is 9.36. The Labute approximate surface area is 165 Å². The third kappa shape index (κ3) is 5.47. The van der Waals surface area contributed by atoms with Crippen LogP contribution in [-0.4, -0.2) is 51.7 Å². The van der Waals surface area contributed by atoms with Gasteiger partial charge in [0.1, 0.15) is 37.4 Å². The SMILES string of the molecule is C=C(C)C(=O)OCCOCCOc1c(C)cc(OCC2CO2)c2ccccc12. The zero-order valence-corrected chi connectivity index (χ0v) is 16.4. The third-order valence-electron chi connectivity index (χ3n) is 4.25. The Morgan fingerprint density at radius 2 is 1.86 bits per heavy atom. The van der Waals surface area contributed by atoms with Crippen LogP contribution in [0.1, 0.15) is 12.5 Å². The first kappa shape index (κ1) is 20.2. The lowest BCUT2D eigenvalue weighted by Crippen LogP contribution is -2.14. The second-order valence-electron chi connectivity index (χ2n) is 6.71. The number of rotatable bonds is 11. The van der Waals surface area contributed by atoms with E-state index in [9.17, 15) is 4.79 Å². The van der Waals surface area contributed by atoms with Gasteiger partial charge in [-0.25, -0.2) is 4.79 Å². The molecule has 150 valence electrons. The molecule has 0 spiro atoms. The lowest BCUT2D eigenvalue weighted by atomic mass is 10.0. The summed E-state index contributed by atoms with van der Waals surface area (Å²) in [5.74, 6) is 1.26. The molecule has 1 saturated heterocycles. The van der Waals surface area contributed by atoms with Crippen molar-refractivity contribution in [1.82, 2.24) is 0 Å². The van der Waals surface area contributed by atoms with Gasteiger partial charge in [-0.2, -0.15) is 0 Å². The van der Waals surface area contributed by atoms with Crippen LogP contribution in [0.5, 0.6) is 11.5 Å². The van der Waals surface area contributed by atoms with E-state index in [1.54, 1.807) is 6.92 Å². The highest BCUT2D eigenvalue weighted by atomic mass is 16.6. The van der Waals surface area contributed by atoms with Crippen LogP contribution in [0.15, 0.2) is 42.5 Å². The Morgan fingerprint density at radius 3 is 2.57 bits per heavy atom. The van der Waals surface area contributed by atoms with Gasteiger partial charge in [0.2, 0.25) is 0 Å². The van der Waals surface area contributed by atoms with E-state index in [1.165, 1.54) is 0 Å². The second-order valence-corrected chi connectivity index (χ2v) is 6.71. The first-order chi connectivity index (χ1) is 13.6. The van der Waals surface area contributed by atoms with Gasteiger partial charge in [0, 0.05) is 16.3 Å². The molecule has 0 radical (unpaired) electrons. The highest BCUT2D eigenvalue weighted by molar-refractivity contribution is 5.94. The van der Waals surface area contributed by atoms with Crippen molar-refractivity contribution in [2.45, 2.75) is 20.0 Å². The number of hydrogen-bond donors (Lipinski definition) is 0. The topological polar surface area (TPSA) is 66.5 Å². The monoisotopic (exact) mass is 386 g/mol. The number of epoxide rings is 1. The Hall–Kier alpha value is -2.57. The number of carbonyl (C=O) groups is 1. The van der Waals surface area contributed by atoms with Crippen LogP contribution in [0.25, 0.3) is 10.8 Å². The minimum absolute atomic E-state index is 0.199. The minimum Gasteiger partial charge on any atom is -0.490 e. The van der Waals surface area contributed by atoms with E-state index in [0.717, 1.165) is 34.4 Å². The van der Waals surface area contributed by atoms with Gasteiger partial charge < -0.3 is 23.7 Å². The highest BCUT2D eigenvalue weighted by Gasteiger charge is 2.23. The van der Waals surface area contributed by atoms with E-state index in [0.29, 0.717) is 32.0 Å². The zero-order valence-electron chi connectivity index (χ0n) is 16.4. The number of esters is 1. The molecule has 28 heavy (non-hydrogen) atoms. The highest BCUT2D eigenvalue weighted by Crippen LogP contribution is 2.36. The number of aryl methyl sites for hydroxylation is 1. The van der Waals surface area contributed by atoms with Crippen LogP contribution < -0.4 is 9.47 Å². The fraction of sp³-hybridized carbons (Fsp3) is 0.409. The van der Waals surface area contributed by atoms with Crippen molar-refractivity contribution in [2.24, 2.45) is 0 Å². The van der Waals surface area contributed by atoms with E-state index in [-0.39, 0.29) is 12.7 Å². The van der Waals surface area contributed by atoms with Gasteiger partial charge >= 0.3 is 5.97 Å². The number of benzene rings is 2. The summed E-state index contributed by atoms with van der Waals surface area (Å²) < 4.78 is 27.6. The summed E-state index contributed by atoms with van der Waals surface area (Å²) in [6.07, 6.45) is 0.210. The van der Waals surface area contributed by atoms with Gasteiger partial charge in [0.25, 0.3) is 0 Å². The lowest BCUT2D eigenvalue weighted by Gasteiger charge is -2.16. The predicted octanol–water partition coefficient (Wildman–Crippen LogP) is 3.44. The molecule has 1 atom stereocenters. The molecule has 2 aromatic carbocycles. The van der Waals surface area contributed by atoms with Crippen LogP contribution >= 0.6 is 0 Å². The summed E-state index contributed by atoms with van der Waals surface area (Å²) >= 11 is 0. The smallest absolute Gasteiger partial charge is 0.333 e. The largest absolute Gasteiger partial charge is 0.490 e. The average Bonchev–Trinajstić information content (AvgIpc) is 3.51. The van der Waals surface area contributed by atoms with Crippen LogP contribution in [0.4, 0.5) is 0 Å². The molecule has 0 saturated carbocycles. The summed E-state index contributed by atoms with van der Waals surface area (Å²) in [5.41, 5.74) is 1.38. The third-order valence-corrected chi connectivity index (χ3v) is 4.25. The Kier molecular flexibility index (Phi) is 6.90. The van der Waals surface area contributed by atoms with Gasteiger partial charge in [-0.3, -0.25) is 0 Å². The van der Waals surface area contributed by atoms with Crippen molar-refractivity contribution in [3.8, 4) is 11.5 Å². The van der Waals surface area contributed by atoms with Gasteiger partial charge in [0.15, 0.2) is 0 Å². The molecule has 2 aromatic rings. The van der Waals surface area contributed by atoms with E-state index in [2.05, 4.69) is 6.58 Å². The van der Waals surface area contributed by atoms with Crippen molar-refractivity contribution in [1.29, 1.82) is 0 Å². The predicted molar refractivity (Wildman–Crippen MR) is 106 cm³/mol. The van der Waals surface area contributed by atoms with Crippen molar-refractivity contribution in [3.05, 3.63) is 48.0 Å². The van der Waals surface area contributed by atoms with E-state index < -0.39 is 5.97 Å². The molecule has 0 aliphatic carbocycles. The number of fused-ring (bicyclic) bond motifs is 1. The molecule has 1 aliphatic rings.